The first-order valence-electron chi connectivity index (χ1n) is 31.2. The van der Waals surface area contributed by atoms with Crippen LogP contribution in [-0.4, -0.2) is 143 Å². The molecule has 0 spiro atoms. The van der Waals surface area contributed by atoms with Crippen LogP contribution in [0.3, 0.4) is 0 Å². The van der Waals surface area contributed by atoms with Crippen molar-refractivity contribution in [2.45, 2.75) is 223 Å². The summed E-state index contributed by atoms with van der Waals surface area (Å²) in [6, 6.07) is 6.02. The molecule has 0 unspecified atom stereocenters. The van der Waals surface area contributed by atoms with Crippen LogP contribution in [0.2, 0.25) is 0 Å². The van der Waals surface area contributed by atoms with Gasteiger partial charge in [0.1, 0.15) is 60.4 Å². The molecule has 20 heteroatoms. The molecule has 1 heterocycles. The number of amides is 10. The summed E-state index contributed by atoms with van der Waals surface area (Å²) >= 11 is 0. The molecule has 8 N–H and O–H groups in total. The lowest BCUT2D eigenvalue weighted by atomic mass is 9.96. The van der Waals surface area contributed by atoms with Crippen LogP contribution < -0.4 is 42.5 Å². The van der Waals surface area contributed by atoms with Gasteiger partial charge in [-0.15, -0.1) is 0 Å². The Labute approximate surface area is 513 Å². The molecule has 10 amide bonds. The Morgan fingerprint density at radius 2 is 0.547 bits per heavy atom. The Kier molecular flexibility index (Phi) is 29.9. The van der Waals surface area contributed by atoms with E-state index in [1.54, 1.807) is 76.2 Å². The van der Waals surface area contributed by atoms with Crippen molar-refractivity contribution < 1.29 is 47.9 Å². The quantitative estimate of drug-likeness (QED) is 0.0915. The first kappa shape index (κ1) is 73.4. The molecule has 3 rings (SSSR count). The standard InChI is InChI=1S/C66H106N10O10/c1-37(2)29-47-57(77)67-49(35-45-25-21-19-22-26-45)59(79)71-51(31-39(5)6)65(85)76(18)54(34-42(11)12)62(82)74-56(44(15)16)64(84)70-48(30-38(3)4)58(78)68-50(36-46-27-23-20-24-28-46)60(80)72-52(32-40(7)8)66(86)75(17)53(33-41(9)10)61(81)73-55(43(13)14)63(83)69-47/h19-28,37-44,47-56H,29-36H2,1-18H3,(H,67,77)(H,68,78)(H,69,83)(H,70,84)(H,71,79)(H,72,80)(H,73,81)(H,74,82)/t47-,48-,49+,50+,51+,52+,53-,54+,55-,56+/m0/s1. The summed E-state index contributed by atoms with van der Waals surface area (Å²) < 4.78 is 0. The van der Waals surface area contributed by atoms with E-state index >= 15 is 0 Å². The highest BCUT2D eigenvalue weighted by molar-refractivity contribution is 5.99. The van der Waals surface area contributed by atoms with Gasteiger partial charge in [0.05, 0.1) is 0 Å². The molecule has 0 bridgehead atoms. The molecule has 2 aromatic carbocycles. The first-order valence-corrected chi connectivity index (χ1v) is 31.2. The lowest BCUT2D eigenvalue weighted by Gasteiger charge is -2.35. The van der Waals surface area contributed by atoms with Crippen molar-refractivity contribution in [2.24, 2.45) is 47.3 Å². The van der Waals surface area contributed by atoms with Gasteiger partial charge in [-0.3, -0.25) is 47.9 Å². The molecule has 480 valence electrons. The third kappa shape index (κ3) is 23.8. The number of hydrogen-bond acceptors (Lipinski definition) is 10. The number of nitrogens with zero attached hydrogens (tertiary/aromatic N) is 2. The van der Waals surface area contributed by atoms with Gasteiger partial charge in [0.15, 0.2) is 0 Å². The number of carbonyl (C=O) groups excluding carboxylic acids is 10. The molecule has 1 fully saturated rings. The third-order valence-corrected chi connectivity index (χ3v) is 15.3. The molecule has 0 aliphatic carbocycles. The molecule has 0 aromatic heterocycles. The van der Waals surface area contributed by atoms with Gasteiger partial charge in [0, 0.05) is 26.9 Å². The Morgan fingerprint density at radius 1 is 0.302 bits per heavy atom. The van der Waals surface area contributed by atoms with Crippen molar-refractivity contribution in [3.05, 3.63) is 71.8 Å². The molecule has 0 saturated carbocycles. The topological polar surface area (TPSA) is 273 Å². The maximum Gasteiger partial charge on any atom is 0.245 e. The van der Waals surface area contributed by atoms with Crippen molar-refractivity contribution in [3.63, 3.8) is 0 Å². The van der Waals surface area contributed by atoms with E-state index in [9.17, 15) is 47.9 Å². The normalized spacial score (nSPS) is 24.9. The fourth-order valence-corrected chi connectivity index (χ4v) is 10.7. The summed E-state index contributed by atoms with van der Waals surface area (Å²) in [5.74, 6) is -8.42. The van der Waals surface area contributed by atoms with Crippen molar-refractivity contribution >= 4 is 59.1 Å². The number of likely N-dealkylation sites (N-methyl/N-ethyl adjacent to an activating group) is 2. The van der Waals surface area contributed by atoms with Gasteiger partial charge in [0.25, 0.3) is 0 Å². The highest BCUT2D eigenvalue weighted by atomic mass is 16.2. The molecule has 2 aromatic rings. The van der Waals surface area contributed by atoms with E-state index < -0.39 is 131 Å². The summed E-state index contributed by atoms with van der Waals surface area (Å²) in [4.78, 5) is 150. The zero-order valence-corrected chi connectivity index (χ0v) is 54.8. The van der Waals surface area contributed by atoms with Crippen LogP contribution in [0.15, 0.2) is 60.7 Å². The van der Waals surface area contributed by atoms with Gasteiger partial charge in [-0.05, 0) is 97.0 Å². The van der Waals surface area contributed by atoms with Crippen molar-refractivity contribution in [2.75, 3.05) is 14.1 Å². The van der Waals surface area contributed by atoms with E-state index in [1.165, 1.54) is 23.9 Å². The average molecular weight is 1200 g/mol. The third-order valence-electron chi connectivity index (χ3n) is 15.3. The van der Waals surface area contributed by atoms with Crippen LogP contribution >= 0.6 is 0 Å². The molecule has 20 nitrogen and oxygen atoms in total. The van der Waals surface area contributed by atoms with Gasteiger partial charge < -0.3 is 52.3 Å². The van der Waals surface area contributed by atoms with Gasteiger partial charge in [-0.2, -0.15) is 0 Å². The molecular weight excluding hydrogens is 1090 g/mol. The van der Waals surface area contributed by atoms with Crippen LogP contribution in [-0.2, 0) is 60.8 Å². The second-order valence-corrected chi connectivity index (χ2v) is 26.9. The lowest BCUT2D eigenvalue weighted by Crippen LogP contribution is -2.62. The predicted molar refractivity (Wildman–Crippen MR) is 335 cm³/mol. The number of rotatable bonds is 18. The fraction of sp³-hybridized carbons (Fsp3) is 0.667. The Hall–Kier alpha value is -6.86. The Balaban J connectivity index is 2.34. The van der Waals surface area contributed by atoms with E-state index in [0.29, 0.717) is 11.1 Å². The number of nitrogens with one attached hydrogen (secondary N) is 8. The zero-order valence-electron chi connectivity index (χ0n) is 54.8. The van der Waals surface area contributed by atoms with Gasteiger partial charge >= 0.3 is 0 Å². The molecular formula is C66H106N10O10. The Morgan fingerprint density at radius 3 is 0.814 bits per heavy atom. The predicted octanol–water partition coefficient (Wildman–Crippen LogP) is 5.61. The van der Waals surface area contributed by atoms with Crippen molar-refractivity contribution in [1.82, 2.24) is 52.3 Å². The largest absolute Gasteiger partial charge is 0.343 e. The highest BCUT2D eigenvalue weighted by Crippen LogP contribution is 2.21. The number of carbonyl (C=O) groups is 10. The summed E-state index contributed by atoms with van der Waals surface area (Å²) in [5, 5.41) is 23.2. The van der Waals surface area contributed by atoms with E-state index in [1.807, 2.05) is 95.2 Å². The minimum Gasteiger partial charge on any atom is -0.343 e. The minimum atomic E-state index is -1.27. The van der Waals surface area contributed by atoms with Crippen LogP contribution in [0.5, 0.6) is 0 Å². The molecule has 0 radical (unpaired) electrons. The maximum atomic E-state index is 15.0. The maximum absolute atomic E-state index is 15.0. The van der Waals surface area contributed by atoms with Crippen LogP contribution in [0.4, 0.5) is 0 Å². The van der Waals surface area contributed by atoms with E-state index in [4.69, 9.17) is 0 Å². The highest BCUT2D eigenvalue weighted by Gasteiger charge is 2.41. The second-order valence-electron chi connectivity index (χ2n) is 26.9. The monoisotopic (exact) mass is 1200 g/mol. The number of benzene rings is 2. The fourth-order valence-electron chi connectivity index (χ4n) is 10.7. The zero-order chi connectivity index (χ0) is 64.9. The van der Waals surface area contributed by atoms with Gasteiger partial charge in [-0.1, -0.05) is 171 Å². The van der Waals surface area contributed by atoms with Gasteiger partial charge in [0.2, 0.25) is 59.1 Å². The van der Waals surface area contributed by atoms with Gasteiger partial charge in [-0.25, -0.2) is 0 Å². The van der Waals surface area contributed by atoms with Crippen LogP contribution in [0.1, 0.15) is 160 Å². The molecule has 10 atom stereocenters. The Bertz CT molecular complexity index is 2380. The molecule has 86 heavy (non-hydrogen) atoms. The number of hydrogen-bond donors (Lipinski definition) is 8. The minimum absolute atomic E-state index is 0.0000353. The smallest absolute Gasteiger partial charge is 0.245 e. The molecule has 1 aliphatic heterocycles. The summed E-state index contributed by atoms with van der Waals surface area (Å²) in [7, 11) is 2.96. The molecule has 1 aliphatic rings. The van der Waals surface area contributed by atoms with E-state index in [-0.39, 0.29) is 86.9 Å². The average Bonchev–Trinajstić information content (AvgIpc) is 2.36. The SMILES string of the molecule is CC(C)C[C@@H]1NC(=O)[C@H](C(C)C)NC(=O)[C@H](CC(C)C)N(C)C(=O)[C@@H](CC(C)C)NC(=O)[C@@H](Cc2ccccc2)NC(=O)[C@H](CC(C)C)NC(=O)[C@@H](C(C)C)NC(=O)[C@@H](CC(C)C)N(C)C(=O)[C@@H](CC(C)C)NC(=O)[C@@H](Cc2ccccc2)NC1=O. The van der Waals surface area contributed by atoms with E-state index in [0.717, 1.165) is 0 Å². The van der Waals surface area contributed by atoms with E-state index in [2.05, 4.69) is 42.5 Å². The molecule has 1 saturated heterocycles. The second kappa shape index (κ2) is 35.1. The van der Waals surface area contributed by atoms with Crippen molar-refractivity contribution in [1.29, 1.82) is 0 Å². The van der Waals surface area contributed by atoms with Crippen LogP contribution in [0, 0.1) is 47.3 Å². The summed E-state index contributed by atoms with van der Waals surface area (Å²) in [6.45, 7) is 29.6. The summed E-state index contributed by atoms with van der Waals surface area (Å²) in [5.41, 5.74) is 1.39. The lowest BCUT2D eigenvalue weighted by molar-refractivity contribution is -0.144. The van der Waals surface area contributed by atoms with Crippen molar-refractivity contribution in [3.8, 4) is 0 Å². The van der Waals surface area contributed by atoms with Crippen LogP contribution in [0.25, 0.3) is 0 Å². The summed E-state index contributed by atoms with van der Waals surface area (Å²) in [6.07, 6.45) is 0.909. The first-order chi connectivity index (χ1) is 40.2.